The molecule has 0 radical (unpaired) electrons. The molecule has 54 valence electrons. The van der Waals surface area contributed by atoms with Gasteiger partial charge >= 0.3 is 0 Å². The topological polar surface area (TPSA) is 9.23 Å². The zero-order valence-electron chi connectivity index (χ0n) is 5.68. The Morgan fingerprint density at radius 2 is 2.22 bits per heavy atom. The summed E-state index contributed by atoms with van der Waals surface area (Å²) in [6.07, 6.45) is 4.04. The summed E-state index contributed by atoms with van der Waals surface area (Å²) in [6.45, 7) is 5.21. The molecule has 9 heavy (non-hydrogen) atoms. The molecule has 0 aromatic rings. The van der Waals surface area contributed by atoms with Crippen LogP contribution in [0.25, 0.3) is 0 Å². The second-order valence-corrected chi connectivity index (χ2v) is 2.21. The predicted molar refractivity (Wildman–Crippen MR) is 44.1 cm³/mol. The van der Waals surface area contributed by atoms with Gasteiger partial charge in [-0.15, -0.1) is 6.58 Å². The lowest BCUT2D eigenvalue weighted by atomic mass is 10.3. The number of allylic oxidation sites excluding steroid dienone is 1. The predicted octanol–water partition coefficient (Wildman–Crippen LogP) is 1.90. The molecule has 0 aromatic heterocycles. The van der Waals surface area contributed by atoms with E-state index in [-0.39, 0.29) is 0 Å². The average molecular weight is 146 g/mol. The lowest BCUT2D eigenvalue weighted by Crippen LogP contribution is -1.96. The van der Waals surface area contributed by atoms with Gasteiger partial charge in [-0.25, -0.2) is 0 Å². The third-order valence-corrected chi connectivity index (χ3v) is 1.12. The number of hydrogen-bond donors (Lipinski definition) is 1. The van der Waals surface area contributed by atoms with Gasteiger partial charge in [0, 0.05) is 12.4 Å². The van der Waals surface area contributed by atoms with Gasteiger partial charge in [-0.05, 0) is 12.8 Å². The Bertz CT molecular complexity index is 63.9. The first-order valence-corrected chi connectivity index (χ1v) is 3.84. The SMILES string of the molecule is C=CCCCOCCS. The Balaban J connectivity index is 2.66. The normalized spacial score (nSPS) is 9.44. The van der Waals surface area contributed by atoms with E-state index in [4.69, 9.17) is 4.74 Å². The van der Waals surface area contributed by atoms with Crippen LogP contribution >= 0.6 is 12.6 Å². The standard InChI is InChI=1S/C7H14OS/c1-2-3-4-5-8-6-7-9/h2,9H,1,3-7H2. The van der Waals surface area contributed by atoms with Crippen molar-refractivity contribution in [3.63, 3.8) is 0 Å². The van der Waals surface area contributed by atoms with Crippen molar-refractivity contribution in [2.75, 3.05) is 19.0 Å². The van der Waals surface area contributed by atoms with Gasteiger partial charge in [-0.3, -0.25) is 0 Å². The minimum Gasteiger partial charge on any atom is -0.381 e. The third kappa shape index (κ3) is 8.05. The average Bonchev–Trinajstić information content (AvgIpc) is 1.89. The lowest BCUT2D eigenvalue weighted by Gasteiger charge is -1.97. The summed E-state index contributed by atoms with van der Waals surface area (Å²) < 4.78 is 5.16. The van der Waals surface area contributed by atoms with E-state index in [0.717, 1.165) is 31.8 Å². The molecule has 0 saturated heterocycles. The fourth-order valence-electron chi connectivity index (χ4n) is 0.496. The molecular weight excluding hydrogens is 132 g/mol. The van der Waals surface area contributed by atoms with E-state index in [0.29, 0.717) is 0 Å². The van der Waals surface area contributed by atoms with Crippen molar-refractivity contribution < 1.29 is 4.74 Å². The lowest BCUT2D eigenvalue weighted by molar-refractivity contribution is 0.148. The summed E-state index contributed by atoms with van der Waals surface area (Å²) in [5, 5.41) is 0. The zero-order chi connectivity index (χ0) is 6.95. The van der Waals surface area contributed by atoms with Crippen LogP contribution in [0.15, 0.2) is 12.7 Å². The van der Waals surface area contributed by atoms with Crippen LogP contribution in [0, 0.1) is 0 Å². The molecule has 0 amide bonds. The molecule has 0 heterocycles. The summed E-state index contributed by atoms with van der Waals surface area (Å²) in [5.41, 5.74) is 0. The van der Waals surface area contributed by atoms with Crippen molar-refractivity contribution >= 4 is 12.6 Å². The molecule has 0 saturated carbocycles. The maximum atomic E-state index is 5.16. The highest BCUT2D eigenvalue weighted by Gasteiger charge is 1.83. The van der Waals surface area contributed by atoms with Crippen LogP contribution in [0.4, 0.5) is 0 Å². The van der Waals surface area contributed by atoms with Crippen molar-refractivity contribution in [3.05, 3.63) is 12.7 Å². The van der Waals surface area contributed by atoms with E-state index in [9.17, 15) is 0 Å². The maximum Gasteiger partial charge on any atom is 0.0554 e. The molecular formula is C7H14OS. The van der Waals surface area contributed by atoms with Gasteiger partial charge in [-0.2, -0.15) is 12.6 Å². The van der Waals surface area contributed by atoms with E-state index in [1.807, 2.05) is 6.08 Å². The minimum absolute atomic E-state index is 0.764. The molecule has 0 atom stereocenters. The van der Waals surface area contributed by atoms with Gasteiger partial charge in [0.25, 0.3) is 0 Å². The molecule has 0 aliphatic rings. The molecule has 0 rings (SSSR count). The Labute approximate surface area is 62.5 Å². The summed E-state index contributed by atoms with van der Waals surface area (Å²) in [6, 6.07) is 0. The van der Waals surface area contributed by atoms with E-state index in [2.05, 4.69) is 19.2 Å². The Morgan fingerprint density at radius 3 is 2.78 bits per heavy atom. The van der Waals surface area contributed by atoms with Gasteiger partial charge < -0.3 is 4.74 Å². The summed E-state index contributed by atoms with van der Waals surface area (Å²) in [7, 11) is 0. The van der Waals surface area contributed by atoms with Crippen molar-refractivity contribution in [2.24, 2.45) is 0 Å². The Hall–Kier alpha value is 0.0500. The third-order valence-electron chi connectivity index (χ3n) is 0.933. The monoisotopic (exact) mass is 146 g/mol. The summed E-state index contributed by atoms with van der Waals surface area (Å²) in [4.78, 5) is 0. The molecule has 0 aliphatic carbocycles. The smallest absolute Gasteiger partial charge is 0.0554 e. The summed E-state index contributed by atoms with van der Waals surface area (Å²) in [5.74, 6) is 0.814. The second-order valence-electron chi connectivity index (χ2n) is 1.77. The molecule has 0 N–H and O–H groups in total. The van der Waals surface area contributed by atoms with Crippen molar-refractivity contribution in [1.82, 2.24) is 0 Å². The molecule has 0 aliphatic heterocycles. The van der Waals surface area contributed by atoms with E-state index in [1.54, 1.807) is 0 Å². The first kappa shape index (κ1) is 9.05. The van der Waals surface area contributed by atoms with Crippen LogP contribution in [0.2, 0.25) is 0 Å². The number of thiol groups is 1. The number of ether oxygens (including phenoxy) is 1. The molecule has 2 heteroatoms. The quantitative estimate of drug-likeness (QED) is 0.342. The fourth-order valence-corrected chi connectivity index (χ4v) is 0.625. The first-order chi connectivity index (χ1) is 4.41. The minimum atomic E-state index is 0.764. The highest BCUT2D eigenvalue weighted by atomic mass is 32.1. The maximum absolute atomic E-state index is 5.16. The van der Waals surface area contributed by atoms with Gasteiger partial charge in [0.1, 0.15) is 0 Å². The first-order valence-electron chi connectivity index (χ1n) is 3.21. The van der Waals surface area contributed by atoms with Crippen LogP contribution in [-0.4, -0.2) is 19.0 Å². The zero-order valence-corrected chi connectivity index (χ0v) is 6.57. The van der Waals surface area contributed by atoms with Crippen LogP contribution in [0.1, 0.15) is 12.8 Å². The van der Waals surface area contributed by atoms with E-state index in [1.165, 1.54) is 0 Å². The molecule has 0 bridgehead atoms. The van der Waals surface area contributed by atoms with Crippen molar-refractivity contribution in [2.45, 2.75) is 12.8 Å². The highest BCUT2D eigenvalue weighted by molar-refractivity contribution is 7.80. The Kier molecular flexibility index (Phi) is 8.09. The van der Waals surface area contributed by atoms with E-state index >= 15 is 0 Å². The van der Waals surface area contributed by atoms with Crippen LogP contribution in [0.5, 0.6) is 0 Å². The molecule has 0 unspecified atom stereocenters. The molecule has 1 nitrogen and oxygen atoms in total. The largest absolute Gasteiger partial charge is 0.381 e. The second kappa shape index (κ2) is 8.05. The number of rotatable bonds is 6. The van der Waals surface area contributed by atoms with Gasteiger partial charge in [0.05, 0.1) is 6.61 Å². The van der Waals surface area contributed by atoms with Crippen molar-refractivity contribution in [1.29, 1.82) is 0 Å². The molecule has 0 aromatic carbocycles. The van der Waals surface area contributed by atoms with Crippen LogP contribution in [0.3, 0.4) is 0 Å². The molecule has 0 spiro atoms. The number of unbranched alkanes of at least 4 members (excludes halogenated alkanes) is 1. The van der Waals surface area contributed by atoms with Crippen LogP contribution < -0.4 is 0 Å². The van der Waals surface area contributed by atoms with E-state index < -0.39 is 0 Å². The highest BCUT2D eigenvalue weighted by Crippen LogP contribution is 1.89. The van der Waals surface area contributed by atoms with Gasteiger partial charge in [-0.1, -0.05) is 6.08 Å². The van der Waals surface area contributed by atoms with Crippen molar-refractivity contribution in [3.8, 4) is 0 Å². The Morgan fingerprint density at radius 1 is 1.44 bits per heavy atom. The van der Waals surface area contributed by atoms with Gasteiger partial charge in [0.15, 0.2) is 0 Å². The van der Waals surface area contributed by atoms with Gasteiger partial charge in [0.2, 0.25) is 0 Å². The summed E-state index contributed by atoms with van der Waals surface area (Å²) >= 11 is 4.00. The van der Waals surface area contributed by atoms with Crippen LogP contribution in [-0.2, 0) is 4.74 Å². The number of hydrogen-bond acceptors (Lipinski definition) is 2. The molecule has 0 fully saturated rings. The fraction of sp³-hybridized carbons (Fsp3) is 0.714.